The molecule has 1 aliphatic carbocycles. The molecule has 0 aliphatic heterocycles. The van der Waals surface area contributed by atoms with Gasteiger partial charge in [-0.2, -0.15) is 0 Å². The molecule has 0 aromatic heterocycles. The van der Waals surface area contributed by atoms with Gasteiger partial charge < -0.3 is 15.2 Å². The van der Waals surface area contributed by atoms with E-state index in [1.807, 2.05) is 0 Å². The van der Waals surface area contributed by atoms with Crippen molar-refractivity contribution in [2.45, 2.75) is 38.1 Å². The van der Waals surface area contributed by atoms with Crippen molar-refractivity contribution >= 4 is 27.8 Å². The van der Waals surface area contributed by atoms with Gasteiger partial charge in [-0.1, -0.05) is 6.92 Å². The van der Waals surface area contributed by atoms with E-state index >= 15 is 0 Å². The second-order valence-electron chi connectivity index (χ2n) is 5.87. The number of halogens is 1. The number of carbonyl (C=O) groups is 2. The molecule has 0 radical (unpaired) electrons. The molecule has 120 valence electrons. The minimum absolute atomic E-state index is 0.374. The number of benzene rings is 1. The Kier molecular flexibility index (Phi) is 5.11. The fourth-order valence-electron chi connectivity index (χ4n) is 2.74. The molecule has 1 aliphatic rings. The van der Waals surface area contributed by atoms with Crippen LogP contribution in [0, 0.1) is 5.92 Å². The van der Waals surface area contributed by atoms with Gasteiger partial charge in [-0.3, -0.25) is 4.79 Å². The lowest BCUT2D eigenvalue weighted by Crippen LogP contribution is -2.56. The molecule has 2 N–H and O–H groups in total. The highest BCUT2D eigenvalue weighted by molar-refractivity contribution is 9.10. The van der Waals surface area contributed by atoms with E-state index in [-0.39, 0.29) is 0 Å². The SMILES string of the molecule is COc1ccc(Br)c(C(=O)NC2(C(=O)O)CCC(C)CC2)c1. The topological polar surface area (TPSA) is 75.6 Å². The fraction of sp³-hybridized carbons (Fsp3) is 0.500. The van der Waals surface area contributed by atoms with Gasteiger partial charge in [0.1, 0.15) is 11.3 Å². The number of carboxylic acid groups (broad SMARTS) is 1. The zero-order valence-electron chi connectivity index (χ0n) is 12.7. The Morgan fingerprint density at radius 3 is 2.55 bits per heavy atom. The minimum Gasteiger partial charge on any atom is -0.497 e. The van der Waals surface area contributed by atoms with Gasteiger partial charge in [0.25, 0.3) is 5.91 Å². The number of amides is 1. The summed E-state index contributed by atoms with van der Waals surface area (Å²) in [5, 5.41) is 12.3. The van der Waals surface area contributed by atoms with E-state index < -0.39 is 17.4 Å². The molecule has 0 unspecified atom stereocenters. The highest BCUT2D eigenvalue weighted by atomic mass is 79.9. The van der Waals surface area contributed by atoms with Gasteiger partial charge in [-0.25, -0.2) is 4.79 Å². The summed E-state index contributed by atoms with van der Waals surface area (Å²) in [4.78, 5) is 24.2. The normalized spacial score (nSPS) is 24.6. The Hall–Kier alpha value is -1.56. The van der Waals surface area contributed by atoms with Crippen LogP contribution in [0.5, 0.6) is 5.75 Å². The Morgan fingerprint density at radius 2 is 2.00 bits per heavy atom. The molecular weight excluding hydrogens is 350 g/mol. The molecule has 0 bridgehead atoms. The molecule has 2 rings (SSSR count). The van der Waals surface area contributed by atoms with Crippen molar-refractivity contribution in [2.24, 2.45) is 5.92 Å². The molecule has 1 saturated carbocycles. The second-order valence-corrected chi connectivity index (χ2v) is 6.72. The van der Waals surface area contributed by atoms with Crippen molar-refractivity contribution in [1.29, 1.82) is 0 Å². The van der Waals surface area contributed by atoms with E-state index in [4.69, 9.17) is 4.74 Å². The van der Waals surface area contributed by atoms with Crippen molar-refractivity contribution in [2.75, 3.05) is 7.11 Å². The van der Waals surface area contributed by atoms with Gasteiger partial charge in [0.15, 0.2) is 0 Å². The van der Waals surface area contributed by atoms with Crippen LogP contribution in [0.3, 0.4) is 0 Å². The minimum atomic E-state index is -1.17. The Balaban J connectivity index is 2.24. The first-order valence-corrected chi connectivity index (χ1v) is 8.07. The molecule has 1 aromatic rings. The monoisotopic (exact) mass is 369 g/mol. The summed E-state index contributed by atoms with van der Waals surface area (Å²) in [5.74, 6) is -0.322. The average Bonchev–Trinajstić information content (AvgIpc) is 2.50. The summed E-state index contributed by atoms with van der Waals surface area (Å²) in [6.07, 6.45) is 2.51. The largest absolute Gasteiger partial charge is 0.497 e. The Labute approximate surface area is 138 Å². The number of hydrogen-bond donors (Lipinski definition) is 2. The van der Waals surface area contributed by atoms with Crippen molar-refractivity contribution in [3.8, 4) is 5.75 Å². The van der Waals surface area contributed by atoms with Crippen LogP contribution in [0.4, 0.5) is 0 Å². The number of rotatable bonds is 4. The van der Waals surface area contributed by atoms with Crippen molar-refractivity contribution in [3.05, 3.63) is 28.2 Å². The number of hydrogen-bond acceptors (Lipinski definition) is 3. The molecule has 0 spiro atoms. The van der Waals surface area contributed by atoms with Gasteiger partial charge in [-0.15, -0.1) is 0 Å². The van der Waals surface area contributed by atoms with Crippen molar-refractivity contribution < 1.29 is 19.4 Å². The second kappa shape index (κ2) is 6.69. The van der Waals surface area contributed by atoms with Crippen LogP contribution < -0.4 is 10.1 Å². The highest BCUT2D eigenvalue weighted by Gasteiger charge is 2.42. The lowest BCUT2D eigenvalue weighted by atomic mass is 9.77. The van der Waals surface area contributed by atoms with E-state index in [0.29, 0.717) is 34.5 Å². The summed E-state index contributed by atoms with van der Waals surface area (Å²) in [6.45, 7) is 2.10. The maximum atomic E-state index is 12.5. The molecule has 0 atom stereocenters. The zero-order valence-corrected chi connectivity index (χ0v) is 14.3. The number of carbonyl (C=O) groups excluding carboxylic acids is 1. The number of aliphatic carboxylic acids is 1. The third kappa shape index (κ3) is 3.43. The van der Waals surface area contributed by atoms with E-state index in [1.54, 1.807) is 18.2 Å². The number of carboxylic acids is 1. The molecule has 5 nitrogen and oxygen atoms in total. The third-order valence-electron chi connectivity index (χ3n) is 4.31. The highest BCUT2D eigenvalue weighted by Crippen LogP contribution is 2.33. The van der Waals surface area contributed by atoms with Gasteiger partial charge in [-0.05, 0) is 65.7 Å². The van der Waals surface area contributed by atoms with Gasteiger partial charge >= 0.3 is 5.97 Å². The summed E-state index contributed by atoms with van der Waals surface area (Å²) in [7, 11) is 1.52. The van der Waals surface area contributed by atoms with E-state index in [2.05, 4.69) is 28.2 Å². The molecule has 1 fully saturated rings. The number of nitrogens with one attached hydrogen (secondary N) is 1. The van der Waals surface area contributed by atoms with Crippen LogP contribution in [0.2, 0.25) is 0 Å². The van der Waals surface area contributed by atoms with Crippen LogP contribution in [0.15, 0.2) is 22.7 Å². The lowest BCUT2D eigenvalue weighted by Gasteiger charge is -2.36. The molecule has 6 heteroatoms. The predicted molar refractivity (Wildman–Crippen MR) is 86.2 cm³/mol. The Bertz CT molecular complexity index is 580. The van der Waals surface area contributed by atoms with E-state index in [1.165, 1.54) is 7.11 Å². The number of methoxy groups -OCH3 is 1. The maximum Gasteiger partial charge on any atom is 0.329 e. The van der Waals surface area contributed by atoms with Gasteiger partial charge in [0.2, 0.25) is 0 Å². The molecule has 1 amide bonds. The van der Waals surface area contributed by atoms with Crippen molar-refractivity contribution in [1.82, 2.24) is 5.32 Å². The van der Waals surface area contributed by atoms with Crippen LogP contribution >= 0.6 is 15.9 Å². The molecule has 1 aromatic carbocycles. The van der Waals surface area contributed by atoms with Crippen LogP contribution in [0.25, 0.3) is 0 Å². The van der Waals surface area contributed by atoms with Crippen LogP contribution in [0.1, 0.15) is 43.0 Å². The van der Waals surface area contributed by atoms with Crippen LogP contribution in [-0.4, -0.2) is 29.6 Å². The Morgan fingerprint density at radius 1 is 1.36 bits per heavy atom. The predicted octanol–water partition coefficient (Wildman–Crippen LogP) is 3.22. The molecule has 0 saturated heterocycles. The van der Waals surface area contributed by atoms with Crippen molar-refractivity contribution in [3.63, 3.8) is 0 Å². The average molecular weight is 370 g/mol. The first-order valence-electron chi connectivity index (χ1n) is 7.27. The molecular formula is C16H20BrNO4. The quantitative estimate of drug-likeness (QED) is 0.854. The van der Waals surface area contributed by atoms with Gasteiger partial charge in [0.05, 0.1) is 12.7 Å². The molecule has 22 heavy (non-hydrogen) atoms. The molecule has 0 heterocycles. The zero-order chi connectivity index (χ0) is 16.3. The summed E-state index contributed by atoms with van der Waals surface area (Å²) >= 11 is 3.33. The van der Waals surface area contributed by atoms with E-state index in [0.717, 1.165) is 12.8 Å². The first-order chi connectivity index (χ1) is 10.4. The smallest absolute Gasteiger partial charge is 0.329 e. The summed E-state index contributed by atoms with van der Waals surface area (Å²) in [5.41, 5.74) is -0.801. The fourth-order valence-corrected chi connectivity index (χ4v) is 3.16. The standard InChI is InChI=1S/C16H20BrNO4/c1-10-5-7-16(8-6-10,15(20)21)18-14(19)12-9-11(22-2)3-4-13(12)17/h3-4,9-10H,5-8H2,1-2H3,(H,18,19)(H,20,21). The number of ether oxygens (including phenoxy) is 1. The third-order valence-corrected chi connectivity index (χ3v) is 5.00. The van der Waals surface area contributed by atoms with E-state index in [9.17, 15) is 14.7 Å². The summed E-state index contributed by atoms with van der Waals surface area (Å²) < 4.78 is 5.73. The van der Waals surface area contributed by atoms with Gasteiger partial charge in [0, 0.05) is 4.47 Å². The first kappa shape index (κ1) is 16.8. The van der Waals surface area contributed by atoms with Crippen LogP contribution in [-0.2, 0) is 4.79 Å². The maximum absolute atomic E-state index is 12.5. The summed E-state index contributed by atoms with van der Waals surface area (Å²) in [6, 6.07) is 5.04. The lowest BCUT2D eigenvalue weighted by molar-refractivity contribution is -0.146.